The first-order valence-corrected chi connectivity index (χ1v) is 11.1. The maximum atomic E-state index is 13.0. The smallest absolute Gasteiger partial charge is 0.255 e. The van der Waals surface area contributed by atoms with E-state index < -0.39 is 0 Å². The molecule has 0 radical (unpaired) electrons. The van der Waals surface area contributed by atoms with Crippen LogP contribution in [0.5, 0.6) is 11.5 Å². The monoisotopic (exact) mass is 446 g/mol. The van der Waals surface area contributed by atoms with Gasteiger partial charge >= 0.3 is 0 Å². The van der Waals surface area contributed by atoms with Gasteiger partial charge in [0.1, 0.15) is 11.5 Å². The Balaban J connectivity index is 0.00000341. The molecule has 5 nitrogen and oxygen atoms in total. The number of carbonyl (C=O) groups excluding carboxylic acids is 1. The summed E-state index contributed by atoms with van der Waals surface area (Å²) in [6.45, 7) is 5.34. The van der Waals surface area contributed by atoms with Gasteiger partial charge in [-0.2, -0.15) is 0 Å². The maximum Gasteiger partial charge on any atom is 0.255 e. The molecule has 1 N–H and O–H groups in total. The maximum absolute atomic E-state index is 13.0. The average molecular weight is 447 g/mol. The molecule has 2 aromatic rings. The third kappa shape index (κ3) is 7.15. The molecule has 0 bridgehead atoms. The van der Waals surface area contributed by atoms with Crippen molar-refractivity contribution in [2.45, 2.75) is 45.1 Å². The summed E-state index contributed by atoms with van der Waals surface area (Å²) in [5.41, 5.74) is 1.80. The third-order valence-corrected chi connectivity index (χ3v) is 5.63. The molecule has 1 heterocycles. The number of hydrogen-bond donors (Lipinski definition) is 1. The van der Waals surface area contributed by atoms with Crippen LogP contribution < -0.4 is 14.8 Å². The highest BCUT2D eigenvalue weighted by atomic mass is 35.5. The Bertz CT molecular complexity index is 790. The van der Waals surface area contributed by atoms with Gasteiger partial charge in [0.15, 0.2) is 0 Å². The minimum absolute atomic E-state index is 0. The van der Waals surface area contributed by atoms with Gasteiger partial charge in [0.25, 0.3) is 5.91 Å². The van der Waals surface area contributed by atoms with Crippen molar-refractivity contribution in [3.05, 3.63) is 59.7 Å². The lowest BCUT2D eigenvalue weighted by molar-refractivity contribution is 0.0929. The number of likely N-dealkylation sites (tertiary alicyclic amines) is 1. The van der Waals surface area contributed by atoms with E-state index in [-0.39, 0.29) is 24.4 Å². The van der Waals surface area contributed by atoms with Crippen molar-refractivity contribution >= 4 is 18.3 Å². The van der Waals surface area contributed by atoms with Crippen molar-refractivity contribution in [1.82, 2.24) is 10.2 Å². The Labute approximate surface area is 192 Å². The molecular weight excluding hydrogens is 412 g/mol. The molecule has 0 aromatic heterocycles. The van der Waals surface area contributed by atoms with Crippen molar-refractivity contribution < 1.29 is 14.3 Å². The quantitative estimate of drug-likeness (QED) is 0.571. The summed E-state index contributed by atoms with van der Waals surface area (Å²) in [5.74, 6) is 1.40. The number of amides is 1. The summed E-state index contributed by atoms with van der Waals surface area (Å²) in [6, 6.07) is 15.8. The standard InChI is InChI=1S/C25H34N2O3.ClH/c1-3-18-30-24-11-7-6-10-22(24)25(28)26-19-23(27-16-8-4-5-9-17-27)20-12-14-21(29-2)15-13-20;/h6-7,10-15,23H,3-5,8-9,16-19H2,1-2H3,(H,26,28);1H. The van der Waals surface area contributed by atoms with Crippen molar-refractivity contribution in [3.8, 4) is 11.5 Å². The molecule has 0 saturated carbocycles. The van der Waals surface area contributed by atoms with Gasteiger partial charge in [-0.05, 0) is 62.2 Å². The number of halogens is 1. The van der Waals surface area contributed by atoms with Gasteiger partial charge in [0.2, 0.25) is 0 Å². The third-order valence-electron chi connectivity index (χ3n) is 5.63. The first kappa shape index (κ1) is 25.0. The van der Waals surface area contributed by atoms with Gasteiger partial charge in [-0.1, -0.05) is 44.0 Å². The van der Waals surface area contributed by atoms with Gasteiger partial charge < -0.3 is 14.8 Å². The van der Waals surface area contributed by atoms with E-state index in [2.05, 4.69) is 29.3 Å². The van der Waals surface area contributed by atoms with Crippen LogP contribution in [0.2, 0.25) is 0 Å². The number of ether oxygens (including phenoxy) is 2. The second kappa shape index (κ2) is 13.2. The lowest BCUT2D eigenvalue weighted by Gasteiger charge is -2.31. The van der Waals surface area contributed by atoms with Crippen molar-refractivity contribution in [1.29, 1.82) is 0 Å². The van der Waals surface area contributed by atoms with E-state index >= 15 is 0 Å². The Morgan fingerprint density at radius 3 is 2.35 bits per heavy atom. The van der Waals surface area contributed by atoms with Gasteiger partial charge in [-0.3, -0.25) is 9.69 Å². The zero-order chi connectivity index (χ0) is 21.2. The van der Waals surface area contributed by atoms with Crippen molar-refractivity contribution in [2.24, 2.45) is 0 Å². The molecule has 1 fully saturated rings. The number of nitrogens with zero attached hydrogens (tertiary/aromatic N) is 1. The van der Waals surface area contributed by atoms with Crippen molar-refractivity contribution in [3.63, 3.8) is 0 Å². The van der Waals surface area contributed by atoms with E-state index in [0.717, 1.165) is 25.3 Å². The molecule has 1 unspecified atom stereocenters. The van der Waals surface area contributed by atoms with E-state index in [9.17, 15) is 4.79 Å². The summed E-state index contributed by atoms with van der Waals surface area (Å²) in [7, 11) is 1.68. The largest absolute Gasteiger partial charge is 0.497 e. The van der Waals surface area contributed by atoms with E-state index in [4.69, 9.17) is 9.47 Å². The molecule has 1 atom stereocenters. The second-order valence-corrected chi connectivity index (χ2v) is 7.79. The summed E-state index contributed by atoms with van der Waals surface area (Å²) in [4.78, 5) is 15.5. The Morgan fingerprint density at radius 2 is 1.71 bits per heavy atom. The minimum Gasteiger partial charge on any atom is -0.497 e. The number of hydrogen-bond acceptors (Lipinski definition) is 4. The predicted molar refractivity (Wildman–Crippen MR) is 128 cm³/mol. The summed E-state index contributed by atoms with van der Waals surface area (Å²) in [5, 5.41) is 3.17. The zero-order valence-electron chi connectivity index (χ0n) is 18.6. The normalized spacial score (nSPS) is 15.3. The fourth-order valence-corrected chi connectivity index (χ4v) is 3.97. The summed E-state index contributed by atoms with van der Waals surface area (Å²) < 4.78 is 11.1. The minimum atomic E-state index is -0.0879. The molecule has 1 aliphatic rings. The number of rotatable bonds is 9. The fourth-order valence-electron chi connectivity index (χ4n) is 3.97. The predicted octanol–water partition coefficient (Wildman–Crippen LogP) is 5.25. The Kier molecular flexibility index (Phi) is 10.7. The topological polar surface area (TPSA) is 50.8 Å². The first-order valence-electron chi connectivity index (χ1n) is 11.1. The van der Waals surface area contributed by atoms with E-state index in [0.29, 0.717) is 24.5 Å². The number of para-hydroxylation sites is 1. The molecule has 6 heteroatoms. The molecule has 0 spiro atoms. The average Bonchev–Trinajstić information content (AvgIpc) is 3.08. The van der Waals surface area contributed by atoms with Crippen LogP contribution in [0.25, 0.3) is 0 Å². The molecular formula is C25H35ClN2O3. The molecule has 1 saturated heterocycles. The molecule has 31 heavy (non-hydrogen) atoms. The van der Waals surface area contributed by atoms with Crippen LogP contribution in [0, 0.1) is 0 Å². The summed E-state index contributed by atoms with van der Waals surface area (Å²) in [6.07, 6.45) is 5.87. The number of nitrogens with one attached hydrogen (secondary N) is 1. The van der Waals surface area contributed by atoms with Gasteiger partial charge in [0, 0.05) is 6.54 Å². The highest BCUT2D eigenvalue weighted by Crippen LogP contribution is 2.26. The Hall–Kier alpha value is -2.24. The van der Waals surface area contributed by atoms with Crippen LogP contribution in [0.1, 0.15) is 61.0 Å². The molecule has 1 amide bonds. The molecule has 1 aliphatic heterocycles. The Morgan fingerprint density at radius 1 is 1.03 bits per heavy atom. The number of benzene rings is 2. The highest BCUT2D eigenvalue weighted by Gasteiger charge is 2.23. The van der Waals surface area contributed by atoms with E-state index in [1.54, 1.807) is 7.11 Å². The molecule has 170 valence electrons. The molecule has 3 rings (SSSR count). The number of methoxy groups -OCH3 is 1. The lowest BCUT2D eigenvalue weighted by Crippen LogP contribution is -2.38. The van der Waals surface area contributed by atoms with Crippen LogP contribution in [-0.2, 0) is 0 Å². The highest BCUT2D eigenvalue weighted by molar-refractivity contribution is 5.96. The van der Waals surface area contributed by atoms with Crippen LogP contribution in [0.15, 0.2) is 48.5 Å². The van der Waals surface area contributed by atoms with Gasteiger partial charge in [-0.15, -0.1) is 12.4 Å². The van der Waals surface area contributed by atoms with Crippen LogP contribution in [0.3, 0.4) is 0 Å². The van der Waals surface area contributed by atoms with Crippen LogP contribution in [-0.4, -0.2) is 44.2 Å². The van der Waals surface area contributed by atoms with Crippen molar-refractivity contribution in [2.75, 3.05) is 33.4 Å². The summed E-state index contributed by atoms with van der Waals surface area (Å²) >= 11 is 0. The zero-order valence-corrected chi connectivity index (χ0v) is 19.5. The SMILES string of the molecule is CCCOc1ccccc1C(=O)NCC(c1ccc(OC)cc1)N1CCCCCC1.Cl. The van der Waals surface area contributed by atoms with Crippen LogP contribution in [0.4, 0.5) is 0 Å². The fraction of sp³-hybridized carbons (Fsp3) is 0.480. The van der Waals surface area contributed by atoms with Gasteiger partial charge in [0.05, 0.1) is 25.3 Å². The first-order chi connectivity index (χ1) is 14.7. The van der Waals surface area contributed by atoms with E-state index in [1.165, 1.54) is 31.2 Å². The molecule has 2 aromatic carbocycles. The molecule has 0 aliphatic carbocycles. The van der Waals surface area contributed by atoms with Gasteiger partial charge in [-0.25, -0.2) is 0 Å². The second-order valence-electron chi connectivity index (χ2n) is 7.79. The number of carbonyl (C=O) groups is 1. The van der Waals surface area contributed by atoms with E-state index in [1.807, 2.05) is 36.4 Å². The van der Waals surface area contributed by atoms with Crippen LogP contribution >= 0.6 is 12.4 Å². The lowest BCUT2D eigenvalue weighted by atomic mass is 10.0.